The Morgan fingerprint density at radius 1 is 1.33 bits per heavy atom. The van der Waals surface area contributed by atoms with E-state index in [4.69, 9.17) is 11.6 Å². The lowest BCUT2D eigenvalue weighted by molar-refractivity contribution is -0.120. The highest BCUT2D eigenvalue weighted by atomic mass is 35.5. The fraction of sp³-hybridized carbons (Fsp3) is 0.462. The molecule has 0 saturated carbocycles. The van der Waals surface area contributed by atoms with Crippen LogP contribution in [0.2, 0.25) is 5.02 Å². The lowest BCUT2D eigenvalue weighted by Gasteiger charge is -2.08. The lowest BCUT2D eigenvalue weighted by atomic mass is 10.1. The van der Waals surface area contributed by atoms with Gasteiger partial charge in [-0.15, -0.1) is 0 Å². The van der Waals surface area contributed by atoms with Crippen molar-refractivity contribution in [3.8, 4) is 0 Å². The quantitative estimate of drug-likeness (QED) is 0.747. The van der Waals surface area contributed by atoms with E-state index in [1.807, 2.05) is 0 Å². The van der Waals surface area contributed by atoms with Crippen molar-refractivity contribution in [1.82, 2.24) is 10.6 Å². The molecule has 0 aliphatic carbocycles. The summed E-state index contributed by atoms with van der Waals surface area (Å²) >= 11 is 5.84. The molecule has 0 atom stereocenters. The molecule has 0 radical (unpaired) electrons. The molecular weight excluding hydrogens is 255 g/mol. The van der Waals surface area contributed by atoms with Crippen LogP contribution in [0, 0.1) is 5.82 Å². The zero-order valence-corrected chi connectivity index (χ0v) is 11.2. The van der Waals surface area contributed by atoms with E-state index in [0.717, 1.165) is 13.0 Å². The molecule has 0 spiro atoms. The summed E-state index contributed by atoms with van der Waals surface area (Å²) < 4.78 is 13.4. The maximum absolute atomic E-state index is 13.4. The van der Waals surface area contributed by atoms with Crippen LogP contribution in [-0.4, -0.2) is 25.5 Å². The maximum atomic E-state index is 13.4. The lowest BCUT2D eigenvalue weighted by Crippen LogP contribution is -2.33. The zero-order chi connectivity index (χ0) is 13.4. The normalized spacial score (nSPS) is 10.4. The van der Waals surface area contributed by atoms with Crippen molar-refractivity contribution >= 4 is 17.5 Å². The highest BCUT2D eigenvalue weighted by Gasteiger charge is 2.11. The number of hydrogen-bond donors (Lipinski definition) is 2. The summed E-state index contributed by atoms with van der Waals surface area (Å²) in [5.41, 5.74) is 0.248. The minimum absolute atomic E-state index is 0.0285. The molecule has 2 N–H and O–H groups in total. The summed E-state index contributed by atoms with van der Waals surface area (Å²) in [6, 6.07) is 4.40. The summed E-state index contributed by atoms with van der Waals surface area (Å²) in [5, 5.41) is 6.17. The molecule has 0 aliphatic heterocycles. The molecule has 0 saturated heterocycles. The minimum Gasteiger partial charge on any atom is -0.355 e. The van der Waals surface area contributed by atoms with Gasteiger partial charge in [0.25, 0.3) is 0 Å². The predicted octanol–water partition coefficient (Wildman–Crippen LogP) is 2.14. The van der Waals surface area contributed by atoms with Crippen molar-refractivity contribution in [2.24, 2.45) is 0 Å². The molecule has 0 fully saturated rings. The van der Waals surface area contributed by atoms with Crippen LogP contribution < -0.4 is 10.6 Å². The van der Waals surface area contributed by atoms with Crippen molar-refractivity contribution in [2.75, 3.05) is 19.6 Å². The van der Waals surface area contributed by atoms with E-state index in [0.29, 0.717) is 13.1 Å². The van der Waals surface area contributed by atoms with E-state index in [9.17, 15) is 9.18 Å². The number of benzene rings is 1. The van der Waals surface area contributed by atoms with E-state index < -0.39 is 5.82 Å². The first-order chi connectivity index (χ1) is 8.65. The second kappa shape index (κ2) is 8.06. The molecule has 1 aromatic carbocycles. The first-order valence-electron chi connectivity index (χ1n) is 6.05. The number of carbonyl (C=O) groups excluding carboxylic acids is 1. The molecule has 0 bridgehead atoms. The van der Waals surface area contributed by atoms with E-state index >= 15 is 0 Å². The number of nitrogens with one attached hydrogen (secondary N) is 2. The molecule has 100 valence electrons. The Morgan fingerprint density at radius 3 is 2.78 bits per heavy atom. The Balaban J connectivity index is 2.36. The average Bonchev–Trinajstić information content (AvgIpc) is 2.34. The Kier molecular flexibility index (Phi) is 6.68. The largest absolute Gasteiger partial charge is 0.355 e. The van der Waals surface area contributed by atoms with Crippen molar-refractivity contribution in [2.45, 2.75) is 19.8 Å². The van der Waals surface area contributed by atoms with Gasteiger partial charge in [0.2, 0.25) is 5.91 Å². The summed E-state index contributed by atoms with van der Waals surface area (Å²) in [5.74, 6) is -0.665. The summed E-state index contributed by atoms with van der Waals surface area (Å²) in [4.78, 5) is 11.6. The molecule has 0 heterocycles. The second-order valence-electron chi connectivity index (χ2n) is 3.98. The molecule has 18 heavy (non-hydrogen) atoms. The number of halogens is 2. The predicted molar refractivity (Wildman–Crippen MR) is 71.3 cm³/mol. The summed E-state index contributed by atoms with van der Waals surface area (Å²) in [6.07, 6.45) is 1.03. The fourth-order valence-electron chi connectivity index (χ4n) is 1.52. The minimum atomic E-state index is -0.443. The molecule has 1 aromatic rings. The van der Waals surface area contributed by atoms with Gasteiger partial charge in [0.1, 0.15) is 5.82 Å². The van der Waals surface area contributed by atoms with Crippen molar-refractivity contribution in [3.05, 3.63) is 34.6 Å². The van der Waals surface area contributed by atoms with Gasteiger partial charge in [-0.05, 0) is 25.1 Å². The van der Waals surface area contributed by atoms with Gasteiger partial charge < -0.3 is 10.6 Å². The van der Waals surface area contributed by atoms with E-state index in [2.05, 4.69) is 17.6 Å². The number of amides is 1. The molecular formula is C13H18ClFN2O. The molecule has 0 aromatic heterocycles. The molecule has 0 unspecified atom stereocenters. The monoisotopic (exact) mass is 272 g/mol. The van der Waals surface area contributed by atoms with Crippen LogP contribution in [0.15, 0.2) is 18.2 Å². The van der Waals surface area contributed by atoms with Crippen molar-refractivity contribution < 1.29 is 9.18 Å². The van der Waals surface area contributed by atoms with Crippen LogP contribution in [0.3, 0.4) is 0 Å². The van der Waals surface area contributed by atoms with Crippen LogP contribution in [0.1, 0.15) is 18.9 Å². The Bertz CT molecular complexity index is 378. The van der Waals surface area contributed by atoms with Crippen LogP contribution >= 0.6 is 11.6 Å². The number of rotatable bonds is 7. The third-order valence-corrected chi connectivity index (χ3v) is 2.80. The molecule has 1 rings (SSSR count). The topological polar surface area (TPSA) is 41.1 Å². The Hall–Kier alpha value is -1.13. The van der Waals surface area contributed by atoms with Crippen LogP contribution in [0.4, 0.5) is 4.39 Å². The van der Waals surface area contributed by atoms with E-state index in [1.54, 1.807) is 6.07 Å². The van der Waals surface area contributed by atoms with Crippen LogP contribution in [-0.2, 0) is 11.2 Å². The van der Waals surface area contributed by atoms with Gasteiger partial charge >= 0.3 is 0 Å². The van der Waals surface area contributed by atoms with Gasteiger partial charge in [0.05, 0.1) is 6.42 Å². The summed E-state index contributed by atoms with van der Waals surface area (Å²) in [7, 11) is 0. The molecule has 1 amide bonds. The van der Waals surface area contributed by atoms with Gasteiger partial charge in [-0.25, -0.2) is 4.39 Å². The number of hydrogen-bond acceptors (Lipinski definition) is 2. The summed E-state index contributed by atoms with van der Waals surface area (Å²) in [6.45, 7) is 4.25. The number of carbonyl (C=O) groups is 1. The van der Waals surface area contributed by atoms with Crippen LogP contribution in [0.5, 0.6) is 0 Å². The SMILES string of the molecule is CCCNCCNC(=O)Cc1c(F)cccc1Cl. The van der Waals surface area contributed by atoms with Gasteiger partial charge in [-0.1, -0.05) is 24.6 Å². The van der Waals surface area contributed by atoms with Crippen molar-refractivity contribution in [3.63, 3.8) is 0 Å². The molecule has 3 nitrogen and oxygen atoms in total. The maximum Gasteiger partial charge on any atom is 0.224 e. The average molecular weight is 273 g/mol. The first kappa shape index (κ1) is 14.9. The Morgan fingerprint density at radius 2 is 2.11 bits per heavy atom. The highest BCUT2D eigenvalue weighted by molar-refractivity contribution is 6.31. The highest BCUT2D eigenvalue weighted by Crippen LogP contribution is 2.19. The van der Waals surface area contributed by atoms with Gasteiger partial charge in [0.15, 0.2) is 0 Å². The smallest absolute Gasteiger partial charge is 0.224 e. The third kappa shape index (κ3) is 5.02. The van der Waals surface area contributed by atoms with E-state index in [-0.39, 0.29) is 22.9 Å². The molecule has 5 heteroatoms. The third-order valence-electron chi connectivity index (χ3n) is 2.45. The van der Waals surface area contributed by atoms with Gasteiger partial charge in [0, 0.05) is 23.7 Å². The molecule has 0 aliphatic rings. The van der Waals surface area contributed by atoms with Gasteiger partial charge in [-0.3, -0.25) is 4.79 Å². The first-order valence-corrected chi connectivity index (χ1v) is 6.43. The van der Waals surface area contributed by atoms with Crippen molar-refractivity contribution in [1.29, 1.82) is 0 Å². The zero-order valence-electron chi connectivity index (χ0n) is 10.4. The second-order valence-corrected chi connectivity index (χ2v) is 4.38. The van der Waals surface area contributed by atoms with Gasteiger partial charge in [-0.2, -0.15) is 0 Å². The Labute approximate surface area is 112 Å². The standard InChI is InChI=1S/C13H18ClFN2O/c1-2-6-16-7-8-17-13(18)9-10-11(14)4-3-5-12(10)15/h3-5,16H,2,6-9H2,1H3,(H,17,18). The van der Waals surface area contributed by atoms with E-state index in [1.165, 1.54) is 12.1 Å². The van der Waals surface area contributed by atoms with Crippen LogP contribution in [0.25, 0.3) is 0 Å². The fourth-order valence-corrected chi connectivity index (χ4v) is 1.75.